The van der Waals surface area contributed by atoms with Crippen molar-refractivity contribution in [2.24, 2.45) is 5.73 Å². The SMILES string of the molecule is N[C@H](CO)c1cc(Br)ccc1C(F)(F)F. The van der Waals surface area contributed by atoms with Gasteiger partial charge in [0.2, 0.25) is 0 Å². The maximum atomic E-state index is 12.5. The van der Waals surface area contributed by atoms with Gasteiger partial charge in [0.05, 0.1) is 18.2 Å². The van der Waals surface area contributed by atoms with Gasteiger partial charge in [-0.3, -0.25) is 0 Å². The van der Waals surface area contributed by atoms with E-state index in [4.69, 9.17) is 10.8 Å². The number of aliphatic hydroxyl groups excluding tert-OH is 1. The number of hydrogen-bond donors (Lipinski definition) is 2. The molecule has 0 bridgehead atoms. The van der Waals surface area contributed by atoms with Crippen molar-refractivity contribution in [1.29, 1.82) is 0 Å². The lowest BCUT2D eigenvalue weighted by molar-refractivity contribution is -0.138. The minimum Gasteiger partial charge on any atom is -0.394 e. The number of hydrogen-bond acceptors (Lipinski definition) is 2. The molecule has 1 aromatic carbocycles. The maximum absolute atomic E-state index is 12.5. The van der Waals surface area contributed by atoms with Crippen LogP contribution in [0.4, 0.5) is 13.2 Å². The van der Waals surface area contributed by atoms with Gasteiger partial charge in [-0.15, -0.1) is 0 Å². The zero-order valence-electron chi connectivity index (χ0n) is 7.55. The monoisotopic (exact) mass is 283 g/mol. The first-order valence-electron chi connectivity index (χ1n) is 4.09. The van der Waals surface area contributed by atoms with Gasteiger partial charge < -0.3 is 10.8 Å². The molecule has 84 valence electrons. The zero-order valence-corrected chi connectivity index (χ0v) is 9.14. The van der Waals surface area contributed by atoms with Gasteiger partial charge >= 0.3 is 6.18 Å². The number of alkyl halides is 3. The van der Waals surface area contributed by atoms with Crippen molar-refractivity contribution < 1.29 is 18.3 Å². The van der Waals surface area contributed by atoms with Crippen molar-refractivity contribution in [3.63, 3.8) is 0 Å². The van der Waals surface area contributed by atoms with E-state index < -0.39 is 24.4 Å². The Kier molecular flexibility index (Phi) is 3.75. The summed E-state index contributed by atoms with van der Waals surface area (Å²) in [4.78, 5) is 0. The molecule has 15 heavy (non-hydrogen) atoms. The Labute approximate surface area is 93.0 Å². The molecule has 0 saturated carbocycles. The predicted molar refractivity (Wildman–Crippen MR) is 53.2 cm³/mol. The quantitative estimate of drug-likeness (QED) is 0.876. The van der Waals surface area contributed by atoms with Crippen LogP contribution in [-0.4, -0.2) is 11.7 Å². The Morgan fingerprint density at radius 2 is 2.00 bits per heavy atom. The molecule has 0 heterocycles. The van der Waals surface area contributed by atoms with Crippen molar-refractivity contribution in [2.45, 2.75) is 12.2 Å². The predicted octanol–water partition coefficient (Wildman–Crippen LogP) is 2.46. The molecule has 0 aliphatic rings. The lowest BCUT2D eigenvalue weighted by Gasteiger charge is -2.16. The molecule has 0 amide bonds. The van der Waals surface area contributed by atoms with E-state index >= 15 is 0 Å². The van der Waals surface area contributed by atoms with E-state index in [1.165, 1.54) is 12.1 Å². The standard InChI is InChI=1S/C9H9BrF3NO/c10-5-1-2-7(9(11,12)13)6(3-5)8(14)4-15/h1-3,8,15H,4,14H2/t8-/m1/s1. The number of benzene rings is 1. The molecule has 0 radical (unpaired) electrons. The summed E-state index contributed by atoms with van der Waals surface area (Å²) < 4.78 is 38.1. The van der Waals surface area contributed by atoms with E-state index in [1.807, 2.05) is 0 Å². The van der Waals surface area contributed by atoms with Gasteiger partial charge in [-0.1, -0.05) is 15.9 Å². The van der Waals surface area contributed by atoms with Gasteiger partial charge in [0.25, 0.3) is 0 Å². The highest BCUT2D eigenvalue weighted by Gasteiger charge is 2.34. The minimum atomic E-state index is -4.46. The van der Waals surface area contributed by atoms with Crippen LogP contribution < -0.4 is 5.73 Å². The van der Waals surface area contributed by atoms with Gasteiger partial charge in [0.1, 0.15) is 0 Å². The van der Waals surface area contributed by atoms with Crippen LogP contribution in [0.15, 0.2) is 22.7 Å². The molecule has 1 rings (SSSR count). The molecular weight excluding hydrogens is 275 g/mol. The third-order valence-corrected chi connectivity index (χ3v) is 2.41. The lowest BCUT2D eigenvalue weighted by Crippen LogP contribution is -2.20. The summed E-state index contributed by atoms with van der Waals surface area (Å²) in [5.74, 6) is 0. The first-order valence-corrected chi connectivity index (χ1v) is 4.88. The Balaban J connectivity index is 3.27. The van der Waals surface area contributed by atoms with Gasteiger partial charge in [0, 0.05) is 4.47 Å². The average Bonchev–Trinajstić information content (AvgIpc) is 2.14. The normalized spacial score (nSPS) is 14.0. The van der Waals surface area contributed by atoms with Crippen LogP contribution in [0.3, 0.4) is 0 Å². The fourth-order valence-electron chi connectivity index (χ4n) is 1.20. The van der Waals surface area contributed by atoms with Crippen molar-refractivity contribution in [3.8, 4) is 0 Å². The molecule has 3 N–H and O–H groups in total. The van der Waals surface area contributed by atoms with Gasteiger partial charge in [-0.05, 0) is 23.8 Å². The highest BCUT2D eigenvalue weighted by atomic mass is 79.9. The van der Waals surface area contributed by atoms with Crippen molar-refractivity contribution in [2.75, 3.05) is 6.61 Å². The molecule has 1 atom stereocenters. The molecule has 0 unspecified atom stereocenters. The van der Waals surface area contributed by atoms with Crippen LogP contribution >= 0.6 is 15.9 Å². The van der Waals surface area contributed by atoms with Crippen molar-refractivity contribution >= 4 is 15.9 Å². The molecule has 6 heteroatoms. The summed E-state index contributed by atoms with van der Waals surface area (Å²) >= 11 is 3.06. The van der Waals surface area contributed by atoms with Crippen LogP contribution in [0.1, 0.15) is 17.2 Å². The molecule has 0 saturated heterocycles. The zero-order chi connectivity index (χ0) is 11.6. The van der Waals surface area contributed by atoms with Crippen LogP contribution in [0.25, 0.3) is 0 Å². The number of rotatable bonds is 2. The van der Waals surface area contributed by atoms with E-state index in [1.54, 1.807) is 0 Å². The Bertz CT molecular complexity index is 354. The van der Waals surface area contributed by atoms with Crippen LogP contribution in [0.2, 0.25) is 0 Å². The summed E-state index contributed by atoms with van der Waals surface area (Å²) in [7, 11) is 0. The second-order valence-electron chi connectivity index (χ2n) is 3.02. The van der Waals surface area contributed by atoms with Crippen molar-refractivity contribution in [3.05, 3.63) is 33.8 Å². The summed E-state index contributed by atoms with van der Waals surface area (Å²) in [6.07, 6.45) is -4.46. The van der Waals surface area contributed by atoms with Crippen LogP contribution in [0.5, 0.6) is 0 Å². The smallest absolute Gasteiger partial charge is 0.394 e. The largest absolute Gasteiger partial charge is 0.416 e. The van der Waals surface area contributed by atoms with Crippen LogP contribution in [0, 0.1) is 0 Å². The summed E-state index contributed by atoms with van der Waals surface area (Å²) in [5.41, 5.74) is 4.47. The number of aliphatic hydroxyl groups is 1. The fraction of sp³-hybridized carbons (Fsp3) is 0.333. The lowest BCUT2D eigenvalue weighted by atomic mass is 10.0. The van der Waals surface area contributed by atoms with E-state index in [0.717, 1.165) is 6.07 Å². The fourth-order valence-corrected chi connectivity index (χ4v) is 1.58. The van der Waals surface area contributed by atoms with Crippen molar-refractivity contribution in [1.82, 2.24) is 0 Å². The first-order chi connectivity index (χ1) is 6.86. The average molecular weight is 284 g/mol. The molecule has 0 aromatic heterocycles. The molecule has 0 fully saturated rings. The summed E-state index contributed by atoms with van der Waals surface area (Å²) in [6.45, 7) is -0.528. The molecule has 2 nitrogen and oxygen atoms in total. The van der Waals surface area contributed by atoms with E-state index in [2.05, 4.69) is 15.9 Å². The number of nitrogens with two attached hydrogens (primary N) is 1. The number of halogens is 4. The first kappa shape index (κ1) is 12.5. The Morgan fingerprint density at radius 1 is 1.40 bits per heavy atom. The molecule has 0 aliphatic carbocycles. The molecular formula is C9H9BrF3NO. The van der Waals surface area contributed by atoms with E-state index in [9.17, 15) is 13.2 Å². The highest BCUT2D eigenvalue weighted by Crippen LogP contribution is 2.35. The van der Waals surface area contributed by atoms with E-state index in [-0.39, 0.29) is 5.56 Å². The molecule has 0 aliphatic heterocycles. The summed E-state index contributed by atoms with van der Waals surface area (Å²) in [6, 6.07) is 2.47. The second-order valence-corrected chi connectivity index (χ2v) is 3.93. The Morgan fingerprint density at radius 3 is 2.47 bits per heavy atom. The maximum Gasteiger partial charge on any atom is 0.416 e. The van der Waals surface area contributed by atoms with E-state index in [0.29, 0.717) is 4.47 Å². The van der Waals surface area contributed by atoms with Crippen LogP contribution in [-0.2, 0) is 6.18 Å². The minimum absolute atomic E-state index is 0.112. The summed E-state index contributed by atoms with van der Waals surface area (Å²) in [5, 5.41) is 8.76. The molecule has 1 aromatic rings. The second kappa shape index (κ2) is 4.51. The van der Waals surface area contributed by atoms with Gasteiger partial charge in [-0.25, -0.2) is 0 Å². The topological polar surface area (TPSA) is 46.2 Å². The third-order valence-electron chi connectivity index (χ3n) is 1.92. The Hall–Kier alpha value is -0.590. The van der Waals surface area contributed by atoms with Gasteiger partial charge in [0.15, 0.2) is 0 Å². The molecule has 0 spiro atoms. The van der Waals surface area contributed by atoms with Gasteiger partial charge in [-0.2, -0.15) is 13.2 Å². The third kappa shape index (κ3) is 2.93. The highest BCUT2D eigenvalue weighted by molar-refractivity contribution is 9.10.